The average molecular weight is 307 g/mol. The molecule has 0 unspecified atom stereocenters. The van der Waals surface area contributed by atoms with E-state index in [0.29, 0.717) is 17.7 Å². The highest BCUT2D eigenvalue weighted by atomic mass is 16.6. The lowest BCUT2D eigenvalue weighted by molar-refractivity contribution is -0.384. The molecule has 114 valence electrons. The lowest BCUT2D eigenvalue weighted by atomic mass is 10.0. The van der Waals surface area contributed by atoms with Crippen LogP contribution in [-0.2, 0) is 6.42 Å². The summed E-state index contributed by atoms with van der Waals surface area (Å²) in [5.41, 5.74) is 3.29. The van der Waals surface area contributed by atoms with Gasteiger partial charge in [0.05, 0.1) is 23.7 Å². The molecule has 0 aliphatic rings. The summed E-state index contributed by atoms with van der Waals surface area (Å²) in [7, 11) is 1.56. The maximum Gasteiger partial charge on any atom is 0.270 e. The van der Waals surface area contributed by atoms with E-state index in [1.54, 1.807) is 31.4 Å². The highest BCUT2D eigenvalue weighted by Gasteiger charge is 2.13. The molecule has 0 bridgehead atoms. The minimum Gasteiger partial charge on any atom is -0.496 e. The molecular formula is C17H13N3O3. The molecule has 0 atom stereocenters. The van der Waals surface area contributed by atoms with E-state index < -0.39 is 4.92 Å². The van der Waals surface area contributed by atoms with Crippen LogP contribution in [0.2, 0.25) is 0 Å². The van der Waals surface area contributed by atoms with Gasteiger partial charge in [0.15, 0.2) is 0 Å². The van der Waals surface area contributed by atoms with Gasteiger partial charge in [0.2, 0.25) is 0 Å². The predicted molar refractivity (Wildman–Crippen MR) is 85.5 cm³/mol. The number of methoxy groups -OCH3 is 1. The number of aromatic amines is 1. The number of benzene rings is 2. The van der Waals surface area contributed by atoms with E-state index in [9.17, 15) is 10.1 Å². The maximum atomic E-state index is 11.0. The number of nitro groups is 1. The van der Waals surface area contributed by atoms with Crippen molar-refractivity contribution in [2.45, 2.75) is 6.42 Å². The summed E-state index contributed by atoms with van der Waals surface area (Å²) in [5, 5.41) is 20.7. The van der Waals surface area contributed by atoms with Gasteiger partial charge in [0.25, 0.3) is 5.69 Å². The summed E-state index contributed by atoms with van der Waals surface area (Å²) in [6.07, 6.45) is 2.39. The normalized spacial score (nSPS) is 10.4. The minimum absolute atomic E-state index is 0.0603. The van der Waals surface area contributed by atoms with E-state index in [1.165, 1.54) is 6.07 Å². The predicted octanol–water partition coefficient (Wildman–Crippen LogP) is 3.55. The SMILES string of the molecule is COc1cc(C#N)ccc1Cc1c[nH]c2ccc([N+](=O)[O-])cc12. The van der Waals surface area contributed by atoms with E-state index in [4.69, 9.17) is 10.00 Å². The molecule has 0 fully saturated rings. The number of hydrogen-bond donors (Lipinski definition) is 1. The first-order chi connectivity index (χ1) is 11.1. The Labute approximate surface area is 132 Å². The first-order valence-corrected chi connectivity index (χ1v) is 6.94. The van der Waals surface area contributed by atoms with Gasteiger partial charge < -0.3 is 9.72 Å². The number of non-ortho nitro benzene ring substituents is 1. The molecule has 6 nitrogen and oxygen atoms in total. The molecule has 0 amide bonds. The van der Waals surface area contributed by atoms with Crippen molar-refractivity contribution in [1.82, 2.24) is 4.98 Å². The van der Waals surface area contributed by atoms with Crippen LogP contribution in [0.4, 0.5) is 5.69 Å². The van der Waals surface area contributed by atoms with Crippen LogP contribution in [-0.4, -0.2) is 17.0 Å². The fraction of sp³-hybridized carbons (Fsp3) is 0.118. The van der Waals surface area contributed by atoms with Gasteiger partial charge in [0.1, 0.15) is 5.75 Å². The van der Waals surface area contributed by atoms with E-state index in [2.05, 4.69) is 11.1 Å². The molecular weight excluding hydrogens is 294 g/mol. The number of aromatic nitrogens is 1. The number of nitrogens with one attached hydrogen (secondary N) is 1. The molecule has 1 N–H and O–H groups in total. The van der Waals surface area contributed by atoms with Crippen molar-refractivity contribution in [3.8, 4) is 11.8 Å². The zero-order chi connectivity index (χ0) is 16.4. The third-order valence-electron chi connectivity index (χ3n) is 3.76. The summed E-state index contributed by atoms with van der Waals surface area (Å²) in [4.78, 5) is 13.7. The molecule has 0 aliphatic carbocycles. The molecule has 0 saturated carbocycles. The molecule has 1 heterocycles. The van der Waals surface area contributed by atoms with Crippen LogP contribution in [0.15, 0.2) is 42.6 Å². The number of hydrogen-bond acceptors (Lipinski definition) is 4. The van der Waals surface area contributed by atoms with Crippen LogP contribution < -0.4 is 4.74 Å². The quantitative estimate of drug-likeness (QED) is 0.589. The summed E-state index contributed by atoms with van der Waals surface area (Å²) >= 11 is 0. The standard InChI is InChI=1S/C17H13N3O3/c1-23-17-6-11(9-18)2-3-12(17)7-13-10-19-16-5-4-14(20(21)22)8-15(13)16/h2-6,8,10,19H,7H2,1H3. The topological polar surface area (TPSA) is 91.9 Å². The molecule has 23 heavy (non-hydrogen) atoms. The Hall–Kier alpha value is -3.33. The van der Waals surface area contributed by atoms with Gasteiger partial charge in [-0.25, -0.2) is 0 Å². The molecule has 3 rings (SSSR count). The van der Waals surface area contributed by atoms with Gasteiger partial charge in [-0.2, -0.15) is 5.26 Å². The Morgan fingerprint density at radius 1 is 1.26 bits per heavy atom. The Morgan fingerprint density at radius 3 is 2.78 bits per heavy atom. The number of H-pyrrole nitrogens is 1. The number of rotatable bonds is 4. The summed E-state index contributed by atoms with van der Waals surface area (Å²) < 4.78 is 5.34. The second-order valence-electron chi connectivity index (χ2n) is 5.12. The molecule has 0 aliphatic heterocycles. The van der Waals surface area contributed by atoms with E-state index in [1.807, 2.05) is 12.3 Å². The second-order valence-corrected chi connectivity index (χ2v) is 5.12. The third-order valence-corrected chi connectivity index (χ3v) is 3.76. The van der Waals surface area contributed by atoms with Crippen molar-refractivity contribution >= 4 is 16.6 Å². The van der Waals surface area contributed by atoms with Gasteiger partial charge in [0, 0.05) is 35.7 Å². The molecule has 0 radical (unpaired) electrons. The number of nitriles is 1. The van der Waals surface area contributed by atoms with Crippen LogP contribution in [0, 0.1) is 21.4 Å². The first-order valence-electron chi connectivity index (χ1n) is 6.94. The van der Waals surface area contributed by atoms with Crippen molar-refractivity contribution in [3.63, 3.8) is 0 Å². The molecule has 0 spiro atoms. The molecule has 0 saturated heterocycles. The van der Waals surface area contributed by atoms with Crippen molar-refractivity contribution in [1.29, 1.82) is 5.26 Å². The Bertz CT molecular complexity index is 938. The minimum atomic E-state index is -0.404. The number of nitro benzene ring substituents is 1. The Balaban J connectivity index is 2.03. The third kappa shape index (κ3) is 2.72. The van der Waals surface area contributed by atoms with Crippen LogP contribution in [0.3, 0.4) is 0 Å². The fourth-order valence-electron chi connectivity index (χ4n) is 2.59. The molecule has 1 aromatic heterocycles. The lowest BCUT2D eigenvalue weighted by Gasteiger charge is -2.08. The summed E-state index contributed by atoms with van der Waals surface area (Å²) in [6.45, 7) is 0. The van der Waals surface area contributed by atoms with Crippen LogP contribution in [0.1, 0.15) is 16.7 Å². The Morgan fingerprint density at radius 2 is 2.09 bits per heavy atom. The van der Waals surface area contributed by atoms with Crippen LogP contribution in [0.25, 0.3) is 10.9 Å². The fourth-order valence-corrected chi connectivity index (χ4v) is 2.59. The van der Waals surface area contributed by atoms with Gasteiger partial charge in [-0.3, -0.25) is 10.1 Å². The van der Waals surface area contributed by atoms with Gasteiger partial charge in [-0.1, -0.05) is 6.07 Å². The zero-order valence-corrected chi connectivity index (χ0v) is 12.4. The second kappa shape index (κ2) is 5.81. The monoisotopic (exact) mass is 307 g/mol. The first kappa shape index (κ1) is 14.6. The van der Waals surface area contributed by atoms with Crippen molar-refractivity contribution < 1.29 is 9.66 Å². The molecule has 6 heteroatoms. The van der Waals surface area contributed by atoms with Crippen LogP contribution in [0.5, 0.6) is 5.75 Å². The van der Waals surface area contributed by atoms with Crippen LogP contribution >= 0.6 is 0 Å². The highest BCUT2D eigenvalue weighted by molar-refractivity contribution is 5.85. The number of ether oxygens (including phenoxy) is 1. The zero-order valence-electron chi connectivity index (χ0n) is 12.4. The molecule has 2 aromatic carbocycles. The average Bonchev–Trinajstić information content (AvgIpc) is 2.97. The summed E-state index contributed by atoms with van der Waals surface area (Å²) in [5.74, 6) is 0.629. The van der Waals surface area contributed by atoms with E-state index >= 15 is 0 Å². The lowest BCUT2D eigenvalue weighted by Crippen LogP contribution is -1.94. The maximum absolute atomic E-state index is 11.0. The van der Waals surface area contributed by atoms with Crippen molar-refractivity contribution in [2.75, 3.05) is 7.11 Å². The largest absolute Gasteiger partial charge is 0.496 e. The highest BCUT2D eigenvalue weighted by Crippen LogP contribution is 2.28. The molecule has 3 aromatic rings. The van der Waals surface area contributed by atoms with Gasteiger partial charge in [-0.15, -0.1) is 0 Å². The number of nitrogens with zero attached hydrogens (tertiary/aromatic N) is 2. The smallest absolute Gasteiger partial charge is 0.270 e. The van der Waals surface area contributed by atoms with Gasteiger partial charge in [-0.05, 0) is 29.3 Å². The van der Waals surface area contributed by atoms with E-state index in [-0.39, 0.29) is 5.69 Å². The van der Waals surface area contributed by atoms with Crippen molar-refractivity contribution in [3.05, 3.63) is 69.4 Å². The number of fused-ring (bicyclic) bond motifs is 1. The Kier molecular flexibility index (Phi) is 3.69. The van der Waals surface area contributed by atoms with E-state index in [0.717, 1.165) is 22.0 Å². The van der Waals surface area contributed by atoms with Gasteiger partial charge >= 0.3 is 0 Å². The summed E-state index contributed by atoms with van der Waals surface area (Å²) in [6, 6.07) is 12.1. The van der Waals surface area contributed by atoms with Crippen molar-refractivity contribution in [2.24, 2.45) is 0 Å².